The van der Waals surface area contributed by atoms with Crippen molar-refractivity contribution in [3.8, 4) is 11.5 Å². The Balaban J connectivity index is 1.96. The molecule has 0 radical (unpaired) electrons. The van der Waals surface area contributed by atoms with Gasteiger partial charge in [-0.3, -0.25) is 19.6 Å². The van der Waals surface area contributed by atoms with E-state index in [4.69, 9.17) is 9.47 Å². The summed E-state index contributed by atoms with van der Waals surface area (Å²) in [6.45, 7) is 1.59. The number of nitrogens with one attached hydrogen (secondary N) is 2. The summed E-state index contributed by atoms with van der Waals surface area (Å²) in [6, 6.07) is 7.60. The van der Waals surface area contributed by atoms with Crippen LogP contribution in [0.2, 0.25) is 0 Å². The molecule has 0 aromatic heterocycles. The van der Waals surface area contributed by atoms with Crippen molar-refractivity contribution in [3.05, 3.63) is 46.5 Å². The van der Waals surface area contributed by atoms with Crippen LogP contribution in [0.3, 0.4) is 0 Å². The summed E-state index contributed by atoms with van der Waals surface area (Å²) in [7, 11) is -2.94. The summed E-state index contributed by atoms with van der Waals surface area (Å²) in [5.41, 5.74) is 0.0568. The van der Waals surface area contributed by atoms with Gasteiger partial charge in [0.25, 0.3) is 21.6 Å². The predicted octanol–water partition coefficient (Wildman–Crippen LogP) is 2.12. The van der Waals surface area contributed by atoms with Crippen molar-refractivity contribution < 1.29 is 27.6 Å². The van der Waals surface area contributed by atoms with Crippen molar-refractivity contribution >= 4 is 33.0 Å². The number of sulfonamides is 1. The minimum atomic E-state index is -4.20. The zero-order valence-electron chi connectivity index (χ0n) is 14.3. The fraction of sp³-hybridized carbons (Fsp3) is 0.188. The number of ether oxygens (including phenoxy) is 2. The third-order valence-corrected chi connectivity index (χ3v) is 5.21. The summed E-state index contributed by atoms with van der Waals surface area (Å²) < 4.78 is 38.1. The van der Waals surface area contributed by atoms with Crippen LogP contribution in [-0.2, 0) is 14.8 Å². The summed E-state index contributed by atoms with van der Waals surface area (Å²) >= 11 is 0. The second kappa shape index (κ2) is 6.76. The van der Waals surface area contributed by atoms with Gasteiger partial charge in [0, 0.05) is 12.1 Å². The molecule has 1 amide bonds. The largest absolute Gasteiger partial charge is 0.495 e. The van der Waals surface area contributed by atoms with E-state index in [1.807, 2.05) is 0 Å². The van der Waals surface area contributed by atoms with E-state index in [-0.39, 0.29) is 22.2 Å². The maximum atomic E-state index is 12.7. The van der Waals surface area contributed by atoms with Crippen LogP contribution in [0.4, 0.5) is 17.1 Å². The number of hydrogen-bond donors (Lipinski definition) is 2. The molecule has 0 fully saturated rings. The number of fused-ring (bicyclic) bond motifs is 1. The van der Waals surface area contributed by atoms with Gasteiger partial charge in [0.15, 0.2) is 6.10 Å². The summed E-state index contributed by atoms with van der Waals surface area (Å²) in [5.74, 6) is -0.00245. The van der Waals surface area contributed by atoms with Gasteiger partial charge in [0.2, 0.25) is 0 Å². The number of benzene rings is 2. The Labute approximate surface area is 154 Å². The van der Waals surface area contributed by atoms with Crippen molar-refractivity contribution in [2.45, 2.75) is 17.9 Å². The van der Waals surface area contributed by atoms with Gasteiger partial charge in [0.1, 0.15) is 16.4 Å². The van der Waals surface area contributed by atoms with Gasteiger partial charge in [-0.05, 0) is 31.2 Å². The number of nitro groups is 1. The SMILES string of the molecule is COc1ccc([N+](=O)[O-])cc1S(=O)(=O)Nc1ccc2c(c1)NC(=O)C(C)O2. The van der Waals surface area contributed by atoms with Crippen molar-refractivity contribution in [2.24, 2.45) is 0 Å². The maximum Gasteiger partial charge on any atom is 0.271 e. The highest BCUT2D eigenvalue weighted by Gasteiger charge is 2.26. The molecule has 142 valence electrons. The Hall–Kier alpha value is -3.34. The van der Waals surface area contributed by atoms with Crippen molar-refractivity contribution in [1.29, 1.82) is 0 Å². The number of anilines is 2. The van der Waals surface area contributed by atoms with Crippen molar-refractivity contribution in [3.63, 3.8) is 0 Å². The zero-order valence-corrected chi connectivity index (χ0v) is 15.1. The van der Waals surface area contributed by atoms with Crippen molar-refractivity contribution in [2.75, 3.05) is 17.1 Å². The lowest BCUT2D eigenvalue weighted by molar-refractivity contribution is -0.385. The molecule has 0 saturated carbocycles. The molecule has 0 saturated heterocycles. The van der Waals surface area contributed by atoms with E-state index in [0.29, 0.717) is 11.4 Å². The molecule has 1 aliphatic rings. The van der Waals surface area contributed by atoms with E-state index in [1.54, 1.807) is 6.92 Å². The third kappa shape index (κ3) is 3.62. The molecular formula is C16H15N3O7S. The number of hydrogen-bond acceptors (Lipinski definition) is 7. The number of carbonyl (C=O) groups excluding carboxylic acids is 1. The zero-order chi connectivity index (χ0) is 19.8. The van der Waals surface area contributed by atoms with Crippen LogP contribution in [0, 0.1) is 10.1 Å². The van der Waals surface area contributed by atoms with Gasteiger partial charge in [-0.1, -0.05) is 0 Å². The predicted molar refractivity (Wildman–Crippen MR) is 95.6 cm³/mol. The van der Waals surface area contributed by atoms with Crippen LogP contribution in [0.25, 0.3) is 0 Å². The minimum absolute atomic E-state index is 0.0449. The number of carbonyl (C=O) groups is 1. The normalized spacial score (nSPS) is 15.9. The standard InChI is InChI=1S/C16H15N3O7S/c1-9-16(20)17-12-7-10(3-5-13(12)26-9)18-27(23,24)15-8-11(19(21)22)4-6-14(15)25-2/h3-9,18H,1-2H3,(H,17,20). The van der Waals surface area contributed by atoms with Crippen LogP contribution in [0.5, 0.6) is 11.5 Å². The van der Waals surface area contributed by atoms with Gasteiger partial charge in [-0.2, -0.15) is 0 Å². The van der Waals surface area contributed by atoms with Crippen LogP contribution < -0.4 is 19.5 Å². The molecule has 2 N–H and O–H groups in total. The Morgan fingerprint density at radius 1 is 1.26 bits per heavy atom. The lowest BCUT2D eigenvalue weighted by atomic mass is 10.2. The average molecular weight is 393 g/mol. The molecule has 2 aromatic rings. The highest BCUT2D eigenvalue weighted by molar-refractivity contribution is 7.92. The van der Waals surface area contributed by atoms with Gasteiger partial charge < -0.3 is 14.8 Å². The Morgan fingerprint density at radius 3 is 2.67 bits per heavy atom. The molecule has 0 bridgehead atoms. The van der Waals surface area contributed by atoms with Gasteiger partial charge >= 0.3 is 0 Å². The van der Waals surface area contributed by atoms with Gasteiger partial charge in [-0.25, -0.2) is 8.42 Å². The molecule has 0 aliphatic carbocycles. The highest BCUT2D eigenvalue weighted by Crippen LogP contribution is 2.34. The maximum absolute atomic E-state index is 12.7. The fourth-order valence-corrected chi connectivity index (χ4v) is 3.71. The second-order valence-corrected chi connectivity index (χ2v) is 7.31. The third-order valence-electron chi connectivity index (χ3n) is 3.81. The van der Waals surface area contributed by atoms with Crippen molar-refractivity contribution in [1.82, 2.24) is 0 Å². The van der Waals surface area contributed by atoms with Crippen LogP contribution >= 0.6 is 0 Å². The number of non-ortho nitro benzene ring substituents is 1. The number of methoxy groups -OCH3 is 1. The molecule has 1 heterocycles. The Morgan fingerprint density at radius 2 is 2.00 bits per heavy atom. The van der Waals surface area contributed by atoms with Gasteiger partial charge in [-0.15, -0.1) is 0 Å². The first kappa shape index (κ1) is 18.5. The smallest absolute Gasteiger partial charge is 0.271 e. The first-order chi connectivity index (χ1) is 12.7. The Kier molecular flexibility index (Phi) is 4.62. The molecule has 11 heteroatoms. The molecule has 0 spiro atoms. The average Bonchev–Trinajstić information content (AvgIpc) is 2.62. The molecule has 1 aliphatic heterocycles. The molecular weight excluding hydrogens is 378 g/mol. The number of amides is 1. The second-order valence-electron chi connectivity index (χ2n) is 5.66. The van der Waals surface area contributed by atoms with E-state index < -0.39 is 26.7 Å². The monoisotopic (exact) mass is 393 g/mol. The van der Waals surface area contributed by atoms with E-state index in [9.17, 15) is 23.3 Å². The first-order valence-electron chi connectivity index (χ1n) is 7.68. The Bertz CT molecular complexity index is 1040. The van der Waals surface area contributed by atoms with E-state index in [0.717, 1.165) is 12.1 Å². The molecule has 1 atom stereocenters. The number of nitro benzene ring substituents is 1. The summed E-state index contributed by atoms with van der Waals surface area (Å²) in [6.07, 6.45) is -0.658. The molecule has 27 heavy (non-hydrogen) atoms. The topological polar surface area (TPSA) is 137 Å². The van der Waals surface area contributed by atoms with E-state index in [1.165, 1.54) is 31.4 Å². The lowest BCUT2D eigenvalue weighted by Gasteiger charge is -2.23. The lowest BCUT2D eigenvalue weighted by Crippen LogP contribution is -2.34. The number of nitrogens with zero attached hydrogens (tertiary/aromatic N) is 1. The number of rotatable bonds is 5. The highest BCUT2D eigenvalue weighted by atomic mass is 32.2. The summed E-state index contributed by atoms with van der Waals surface area (Å²) in [4.78, 5) is 21.6. The van der Waals surface area contributed by atoms with Crippen LogP contribution in [0.15, 0.2) is 41.3 Å². The first-order valence-corrected chi connectivity index (χ1v) is 9.16. The van der Waals surface area contributed by atoms with Crippen LogP contribution in [0.1, 0.15) is 6.92 Å². The molecule has 3 rings (SSSR count). The minimum Gasteiger partial charge on any atom is -0.495 e. The fourth-order valence-electron chi connectivity index (χ4n) is 2.47. The quantitative estimate of drug-likeness (QED) is 0.586. The molecule has 2 aromatic carbocycles. The molecule has 1 unspecified atom stereocenters. The van der Waals surface area contributed by atoms with E-state index >= 15 is 0 Å². The molecule has 10 nitrogen and oxygen atoms in total. The van der Waals surface area contributed by atoms with E-state index in [2.05, 4.69) is 10.0 Å². The van der Waals surface area contributed by atoms with Crippen LogP contribution in [-0.4, -0.2) is 32.5 Å². The van der Waals surface area contributed by atoms with Gasteiger partial charge in [0.05, 0.1) is 23.4 Å². The summed E-state index contributed by atoms with van der Waals surface area (Å²) in [5, 5.41) is 13.6.